The Balaban J connectivity index is 1.66. The molecule has 3 rings (SSSR count). The molecule has 0 heterocycles. The van der Waals surface area contributed by atoms with Crippen molar-refractivity contribution in [2.75, 3.05) is 18.2 Å². The number of carbonyl (C=O) groups excluding carboxylic acids is 2. The van der Waals surface area contributed by atoms with Crippen LogP contribution in [0.1, 0.15) is 10.4 Å². The molecule has 0 aliphatic heterocycles. The van der Waals surface area contributed by atoms with Crippen LogP contribution in [0.25, 0.3) is 11.1 Å². The molecule has 136 valence electrons. The van der Waals surface area contributed by atoms with Gasteiger partial charge in [-0.05, 0) is 30.0 Å². The Labute approximate surface area is 162 Å². The number of ether oxygens (including phenoxy) is 1. The van der Waals surface area contributed by atoms with E-state index >= 15 is 0 Å². The minimum atomic E-state index is -0.508. The number of esters is 1. The number of rotatable bonds is 6. The maximum absolute atomic E-state index is 12.3. The van der Waals surface area contributed by atoms with Crippen molar-refractivity contribution in [3.63, 3.8) is 0 Å². The summed E-state index contributed by atoms with van der Waals surface area (Å²) in [7, 11) is 0. The third-order valence-electron chi connectivity index (χ3n) is 3.95. The number of hydrogen-bond acceptors (Lipinski definition) is 4. The maximum Gasteiger partial charge on any atom is 0.339 e. The van der Waals surface area contributed by atoms with Crippen LogP contribution < -0.4 is 5.32 Å². The largest absolute Gasteiger partial charge is 0.452 e. The molecular weight excluding hydrogens is 358 g/mol. The van der Waals surface area contributed by atoms with Crippen molar-refractivity contribution in [3.05, 3.63) is 84.4 Å². The summed E-state index contributed by atoms with van der Waals surface area (Å²) >= 11 is 1.46. The molecule has 3 aromatic carbocycles. The van der Waals surface area contributed by atoms with E-state index in [0.717, 1.165) is 16.0 Å². The van der Waals surface area contributed by atoms with Gasteiger partial charge in [0.1, 0.15) is 0 Å². The van der Waals surface area contributed by atoms with Gasteiger partial charge in [0, 0.05) is 16.1 Å². The van der Waals surface area contributed by atoms with E-state index in [-0.39, 0.29) is 12.5 Å². The molecule has 27 heavy (non-hydrogen) atoms. The molecule has 0 aliphatic rings. The SMILES string of the molecule is CSc1ccccc1C(=O)OCC(=O)Nc1ccccc1-c1ccccc1. The van der Waals surface area contributed by atoms with Crippen LogP contribution in [0.2, 0.25) is 0 Å². The lowest BCUT2D eigenvalue weighted by atomic mass is 10.0. The average Bonchev–Trinajstić information content (AvgIpc) is 2.73. The molecule has 0 saturated carbocycles. The first-order chi connectivity index (χ1) is 13.2. The molecule has 0 bridgehead atoms. The second-order valence-electron chi connectivity index (χ2n) is 5.74. The first kappa shape index (κ1) is 18.7. The molecule has 0 fully saturated rings. The smallest absolute Gasteiger partial charge is 0.339 e. The van der Waals surface area contributed by atoms with Crippen molar-refractivity contribution in [1.82, 2.24) is 0 Å². The van der Waals surface area contributed by atoms with Gasteiger partial charge in [-0.3, -0.25) is 4.79 Å². The zero-order valence-corrected chi connectivity index (χ0v) is 15.7. The number of anilines is 1. The van der Waals surface area contributed by atoms with Crippen LogP contribution in [0.15, 0.2) is 83.8 Å². The minimum Gasteiger partial charge on any atom is -0.452 e. The predicted octanol–water partition coefficient (Wildman–Crippen LogP) is 4.87. The van der Waals surface area contributed by atoms with Crippen LogP contribution in [0.3, 0.4) is 0 Å². The van der Waals surface area contributed by atoms with E-state index in [1.54, 1.807) is 12.1 Å². The zero-order chi connectivity index (χ0) is 19.1. The van der Waals surface area contributed by atoms with Gasteiger partial charge in [0.15, 0.2) is 6.61 Å². The fourth-order valence-corrected chi connectivity index (χ4v) is 3.26. The lowest BCUT2D eigenvalue weighted by Crippen LogP contribution is -2.21. The maximum atomic E-state index is 12.3. The normalized spacial score (nSPS) is 10.3. The molecule has 0 aliphatic carbocycles. The summed E-state index contributed by atoms with van der Waals surface area (Å²) in [5.41, 5.74) is 3.04. The van der Waals surface area contributed by atoms with Crippen LogP contribution in [0.5, 0.6) is 0 Å². The highest BCUT2D eigenvalue weighted by Crippen LogP contribution is 2.27. The Bertz CT molecular complexity index is 941. The molecule has 0 spiro atoms. The van der Waals surface area contributed by atoms with Gasteiger partial charge in [-0.2, -0.15) is 0 Å². The fraction of sp³-hybridized carbons (Fsp3) is 0.0909. The third kappa shape index (κ3) is 4.77. The summed E-state index contributed by atoms with van der Waals surface area (Å²) in [5, 5.41) is 2.82. The van der Waals surface area contributed by atoms with Gasteiger partial charge in [-0.25, -0.2) is 4.79 Å². The van der Waals surface area contributed by atoms with Crippen molar-refractivity contribution in [3.8, 4) is 11.1 Å². The zero-order valence-electron chi connectivity index (χ0n) is 14.8. The van der Waals surface area contributed by atoms with E-state index in [2.05, 4.69) is 5.32 Å². The molecule has 0 atom stereocenters. The third-order valence-corrected chi connectivity index (χ3v) is 4.74. The topological polar surface area (TPSA) is 55.4 Å². The van der Waals surface area contributed by atoms with E-state index in [0.29, 0.717) is 11.3 Å². The second-order valence-corrected chi connectivity index (χ2v) is 6.58. The summed E-state index contributed by atoms with van der Waals surface area (Å²) in [5.74, 6) is -0.889. The van der Waals surface area contributed by atoms with Crippen molar-refractivity contribution >= 4 is 29.3 Å². The fourth-order valence-electron chi connectivity index (χ4n) is 2.67. The van der Waals surface area contributed by atoms with Crippen LogP contribution >= 0.6 is 11.8 Å². The Hall–Kier alpha value is -3.05. The van der Waals surface area contributed by atoms with Crippen LogP contribution in [0.4, 0.5) is 5.69 Å². The number of amides is 1. The number of para-hydroxylation sites is 1. The molecular formula is C22H19NO3S. The Morgan fingerprint density at radius 2 is 1.56 bits per heavy atom. The molecule has 3 aromatic rings. The lowest BCUT2D eigenvalue weighted by Gasteiger charge is -2.12. The Morgan fingerprint density at radius 3 is 2.33 bits per heavy atom. The highest BCUT2D eigenvalue weighted by atomic mass is 32.2. The summed E-state index contributed by atoms with van der Waals surface area (Å²) in [6.45, 7) is -0.343. The van der Waals surface area contributed by atoms with Gasteiger partial charge >= 0.3 is 5.97 Å². The molecule has 0 radical (unpaired) electrons. The standard InChI is InChI=1S/C22H19NO3S/c1-27-20-14-8-6-12-18(20)22(25)26-15-21(24)23-19-13-7-5-11-17(19)16-9-3-2-4-10-16/h2-14H,15H2,1H3,(H,23,24). The number of benzene rings is 3. The Morgan fingerprint density at radius 1 is 0.889 bits per heavy atom. The number of hydrogen-bond donors (Lipinski definition) is 1. The van der Waals surface area contributed by atoms with Crippen molar-refractivity contribution in [2.24, 2.45) is 0 Å². The van der Waals surface area contributed by atoms with Gasteiger partial charge in [-0.15, -0.1) is 11.8 Å². The summed E-state index contributed by atoms with van der Waals surface area (Å²) in [4.78, 5) is 25.4. The number of carbonyl (C=O) groups is 2. The molecule has 1 amide bonds. The number of nitrogens with one attached hydrogen (secondary N) is 1. The van der Waals surface area contributed by atoms with Crippen molar-refractivity contribution in [2.45, 2.75) is 4.90 Å². The molecule has 0 unspecified atom stereocenters. The highest BCUT2D eigenvalue weighted by Gasteiger charge is 2.14. The van der Waals surface area contributed by atoms with E-state index in [9.17, 15) is 9.59 Å². The van der Waals surface area contributed by atoms with E-state index in [1.807, 2.05) is 73.0 Å². The first-order valence-electron chi connectivity index (χ1n) is 8.43. The monoisotopic (exact) mass is 377 g/mol. The summed E-state index contributed by atoms with van der Waals surface area (Å²) in [6.07, 6.45) is 1.89. The van der Waals surface area contributed by atoms with E-state index in [4.69, 9.17) is 4.74 Å². The molecule has 1 N–H and O–H groups in total. The van der Waals surface area contributed by atoms with Crippen molar-refractivity contribution in [1.29, 1.82) is 0 Å². The van der Waals surface area contributed by atoms with Crippen LogP contribution in [0, 0.1) is 0 Å². The number of thioether (sulfide) groups is 1. The molecule has 0 saturated heterocycles. The van der Waals surface area contributed by atoms with E-state index < -0.39 is 5.97 Å². The molecule has 5 heteroatoms. The average molecular weight is 377 g/mol. The molecule has 0 aromatic heterocycles. The highest BCUT2D eigenvalue weighted by molar-refractivity contribution is 7.98. The second kappa shape index (κ2) is 9.05. The quantitative estimate of drug-likeness (QED) is 0.492. The van der Waals surface area contributed by atoms with Crippen molar-refractivity contribution < 1.29 is 14.3 Å². The van der Waals surface area contributed by atoms with Gasteiger partial charge in [0.2, 0.25) is 0 Å². The summed E-state index contributed by atoms with van der Waals surface area (Å²) in [6, 6.07) is 24.5. The van der Waals surface area contributed by atoms with Gasteiger partial charge < -0.3 is 10.1 Å². The van der Waals surface area contributed by atoms with Crippen LogP contribution in [-0.4, -0.2) is 24.7 Å². The minimum absolute atomic E-state index is 0.343. The predicted molar refractivity (Wildman–Crippen MR) is 109 cm³/mol. The lowest BCUT2D eigenvalue weighted by molar-refractivity contribution is -0.119. The van der Waals surface area contributed by atoms with Gasteiger partial charge in [-0.1, -0.05) is 60.7 Å². The summed E-state index contributed by atoms with van der Waals surface area (Å²) < 4.78 is 5.19. The molecule has 4 nitrogen and oxygen atoms in total. The Kier molecular flexibility index (Phi) is 6.28. The van der Waals surface area contributed by atoms with Crippen LogP contribution in [-0.2, 0) is 9.53 Å². The van der Waals surface area contributed by atoms with Gasteiger partial charge in [0.25, 0.3) is 5.91 Å². The van der Waals surface area contributed by atoms with Gasteiger partial charge in [0.05, 0.1) is 5.56 Å². The first-order valence-corrected chi connectivity index (χ1v) is 9.66. The van der Waals surface area contributed by atoms with E-state index in [1.165, 1.54) is 11.8 Å².